The number of ether oxygens (including phenoxy) is 2. The lowest BCUT2D eigenvalue weighted by Crippen LogP contribution is -2.42. The molecule has 8 nitrogen and oxygen atoms in total. The van der Waals surface area contributed by atoms with Crippen molar-refractivity contribution in [2.75, 3.05) is 19.7 Å². The predicted octanol–water partition coefficient (Wildman–Crippen LogP) is 6.65. The maximum atomic E-state index is 13.4. The van der Waals surface area contributed by atoms with Crippen LogP contribution in [0.15, 0.2) is 71.7 Å². The highest BCUT2D eigenvalue weighted by molar-refractivity contribution is 8.24. The number of carbonyl (C=O) groups excluding carboxylic acids is 1. The fourth-order valence-corrected chi connectivity index (χ4v) is 5.21. The summed E-state index contributed by atoms with van der Waals surface area (Å²) < 4.78 is 11.5. The molecule has 2 heterocycles. The second-order valence-corrected chi connectivity index (χ2v) is 10.5. The van der Waals surface area contributed by atoms with E-state index in [0.29, 0.717) is 52.8 Å². The van der Waals surface area contributed by atoms with Crippen LogP contribution in [0, 0.1) is 5.41 Å². The third-order valence-corrected chi connectivity index (χ3v) is 7.32. The third kappa shape index (κ3) is 6.16. The highest BCUT2D eigenvalue weighted by atomic mass is 35.5. The Morgan fingerprint density at radius 1 is 1.10 bits per heavy atom. The van der Waals surface area contributed by atoms with Crippen molar-refractivity contribution in [2.24, 2.45) is 10.7 Å². The number of aliphatic imine (C=N–C) groups is 1. The fourth-order valence-electron chi connectivity index (χ4n) is 4.63. The minimum absolute atomic E-state index is 0.322. The van der Waals surface area contributed by atoms with E-state index in [1.165, 1.54) is 0 Å². The Labute approximate surface area is 239 Å². The largest absolute Gasteiger partial charge is 0.492 e. The van der Waals surface area contributed by atoms with Gasteiger partial charge in [-0.2, -0.15) is 0 Å². The average molecular weight is 583 g/mol. The van der Waals surface area contributed by atoms with E-state index in [1.807, 2.05) is 42.5 Å². The summed E-state index contributed by atoms with van der Waals surface area (Å²) in [5.41, 5.74) is 10.7. The van der Waals surface area contributed by atoms with E-state index >= 15 is 0 Å². The molecule has 4 aromatic rings. The van der Waals surface area contributed by atoms with E-state index in [4.69, 9.17) is 43.8 Å². The first-order valence-corrected chi connectivity index (χ1v) is 13.8. The molecule has 0 bridgehead atoms. The van der Waals surface area contributed by atoms with Crippen LogP contribution >= 0.6 is 35.0 Å². The molecule has 5 rings (SSSR count). The molecular formula is C28H25Cl2N5O3S. The monoisotopic (exact) mass is 581 g/mol. The minimum Gasteiger partial charge on any atom is -0.492 e. The molecule has 0 saturated heterocycles. The molecule has 0 radical (unpaired) electrons. The van der Waals surface area contributed by atoms with Gasteiger partial charge >= 0.3 is 6.09 Å². The lowest BCUT2D eigenvalue weighted by molar-refractivity contribution is 0.135. The lowest BCUT2D eigenvalue weighted by Gasteiger charge is -2.35. The molecule has 1 aliphatic heterocycles. The maximum absolute atomic E-state index is 13.4. The van der Waals surface area contributed by atoms with Gasteiger partial charge in [-0.05, 0) is 83.9 Å². The van der Waals surface area contributed by atoms with Gasteiger partial charge in [0, 0.05) is 33.2 Å². The van der Waals surface area contributed by atoms with E-state index < -0.39 is 12.1 Å². The Bertz CT molecular complexity index is 1520. The Morgan fingerprint density at radius 3 is 2.56 bits per heavy atom. The molecule has 39 heavy (non-hydrogen) atoms. The van der Waals surface area contributed by atoms with Gasteiger partial charge in [0.05, 0.1) is 12.1 Å². The topological polar surface area (TPSA) is 117 Å². The molecule has 4 N–H and O–H groups in total. The van der Waals surface area contributed by atoms with E-state index in [0.717, 1.165) is 45.0 Å². The van der Waals surface area contributed by atoms with Gasteiger partial charge in [0.15, 0.2) is 5.17 Å². The van der Waals surface area contributed by atoms with Gasteiger partial charge in [0.1, 0.15) is 24.1 Å². The number of nitrogens with two attached hydrogens (primary N) is 1. The molecule has 0 spiro atoms. The van der Waals surface area contributed by atoms with Crippen LogP contribution in [-0.2, 0) is 6.42 Å². The number of amides is 1. The van der Waals surface area contributed by atoms with Crippen LogP contribution in [0.3, 0.4) is 0 Å². The summed E-state index contributed by atoms with van der Waals surface area (Å²) in [6, 6.07) is 19.7. The number of rotatable bonds is 7. The van der Waals surface area contributed by atoms with Gasteiger partial charge in [-0.15, -0.1) is 0 Å². The number of thioether (sulfide) groups is 1. The first kappa shape index (κ1) is 26.9. The smallest absolute Gasteiger partial charge is 0.416 e. The zero-order chi connectivity index (χ0) is 27.4. The SMILES string of the molecule is N=CSC(N)=NCCOc1ccc(C2c3[nH]c4ccc(Cl)cc4c3CCN2C(=O)Oc2ccc(Cl)cc2)cc1. The summed E-state index contributed by atoms with van der Waals surface area (Å²) >= 11 is 13.3. The molecular weight excluding hydrogens is 557 g/mol. The molecule has 0 aliphatic carbocycles. The van der Waals surface area contributed by atoms with E-state index in [1.54, 1.807) is 29.2 Å². The number of hydrogen-bond acceptors (Lipinski definition) is 6. The zero-order valence-corrected chi connectivity index (χ0v) is 23.0. The van der Waals surface area contributed by atoms with Crippen molar-refractivity contribution >= 4 is 62.7 Å². The number of fused-ring (bicyclic) bond motifs is 3. The average Bonchev–Trinajstić information content (AvgIpc) is 3.30. The summed E-state index contributed by atoms with van der Waals surface area (Å²) in [4.78, 5) is 22.8. The number of nitrogens with one attached hydrogen (secondary N) is 2. The molecule has 1 unspecified atom stereocenters. The fraction of sp³-hybridized carbons (Fsp3) is 0.179. The lowest BCUT2D eigenvalue weighted by atomic mass is 9.92. The van der Waals surface area contributed by atoms with Crippen LogP contribution in [0.1, 0.15) is 22.9 Å². The van der Waals surface area contributed by atoms with Crippen molar-refractivity contribution in [1.82, 2.24) is 9.88 Å². The van der Waals surface area contributed by atoms with Crippen LogP contribution < -0.4 is 15.2 Å². The van der Waals surface area contributed by atoms with Gasteiger partial charge in [-0.25, -0.2) is 4.79 Å². The minimum atomic E-state index is -0.455. The Balaban J connectivity index is 1.42. The molecule has 200 valence electrons. The number of aromatic amines is 1. The third-order valence-electron chi connectivity index (χ3n) is 6.35. The van der Waals surface area contributed by atoms with Gasteiger partial charge < -0.3 is 25.6 Å². The van der Waals surface area contributed by atoms with Crippen LogP contribution in [0.4, 0.5) is 4.79 Å². The highest BCUT2D eigenvalue weighted by Crippen LogP contribution is 2.40. The van der Waals surface area contributed by atoms with Crippen molar-refractivity contribution in [2.45, 2.75) is 12.5 Å². The highest BCUT2D eigenvalue weighted by Gasteiger charge is 2.35. The van der Waals surface area contributed by atoms with Crippen LogP contribution in [-0.4, -0.2) is 46.4 Å². The second-order valence-electron chi connectivity index (χ2n) is 8.75. The van der Waals surface area contributed by atoms with Crippen molar-refractivity contribution in [3.63, 3.8) is 0 Å². The van der Waals surface area contributed by atoms with Gasteiger partial charge in [-0.3, -0.25) is 9.89 Å². The van der Waals surface area contributed by atoms with Gasteiger partial charge in [0.2, 0.25) is 0 Å². The number of H-pyrrole nitrogens is 1. The zero-order valence-electron chi connectivity index (χ0n) is 20.7. The maximum Gasteiger partial charge on any atom is 0.416 e. The molecule has 0 saturated carbocycles. The predicted molar refractivity (Wildman–Crippen MR) is 158 cm³/mol. The first-order valence-electron chi connectivity index (χ1n) is 12.1. The van der Waals surface area contributed by atoms with Crippen molar-refractivity contribution in [3.05, 3.63) is 93.6 Å². The quantitative estimate of drug-likeness (QED) is 0.128. The molecule has 0 fully saturated rings. The number of hydrogen-bond donors (Lipinski definition) is 3. The summed E-state index contributed by atoms with van der Waals surface area (Å²) in [7, 11) is 0. The summed E-state index contributed by atoms with van der Waals surface area (Å²) in [6.07, 6.45) is 0.200. The van der Waals surface area contributed by atoms with Crippen LogP contribution in [0.25, 0.3) is 10.9 Å². The standard InChI is InChI=1S/C28H25Cl2N5O3S/c29-18-3-8-21(9-4-18)38-28(36)35-13-11-22-23-15-19(30)5-10-24(23)34-25(22)26(35)17-1-6-20(7-2-17)37-14-12-33-27(32)39-16-31/h1-10,15-16,26,31,34H,11-14H2,(H2,32,33). The molecule has 1 amide bonds. The van der Waals surface area contributed by atoms with Crippen LogP contribution in [0.5, 0.6) is 11.5 Å². The number of amidine groups is 1. The molecule has 3 aromatic carbocycles. The number of nitrogens with zero attached hydrogens (tertiary/aromatic N) is 2. The van der Waals surface area contributed by atoms with Crippen molar-refractivity contribution < 1.29 is 14.3 Å². The summed E-state index contributed by atoms with van der Waals surface area (Å²) in [6.45, 7) is 1.19. The molecule has 1 atom stereocenters. The normalized spacial score (nSPS) is 15.2. The number of carbonyl (C=O) groups is 1. The first-order chi connectivity index (χ1) is 18.9. The number of halogens is 2. The Morgan fingerprint density at radius 2 is 1.82 bits per heavy atom. The summed E-state index contributed by atoms with van der Waals surface area (Å²) in [5, 5.41) is 9.64. The molecule has 11 heteroatoms. The second kappa shape index (κ2) is 12.0. The Hall–Kier alpha value is -3.66. The van der Waals surface area contributed by atoms with Gasteiger partial charge in [-0.1, -0.05) is 35.3 Å². The number of aromatic nitrogens is 1. The summed E-state index contributed by atoms with van der Waals surface area (Å²) in [5.74, 6) is 1.09. The van der Waals surface area contributed by atoms with Gasteiger partial charge in [0.25, 0.3) is 0 Å². The van der Waals surface area contributed by atoms with Crippen molar-refractivity contribution in [1.29, 1.82) is 5.41 Å². The van der Waals surface area contributed by atoms with E-state index in [9.17, 15) is 4.79 Å². The van der Waals surface area contributed by atoms with E-state index in [-0.39, 0.29) is 0 Å². The number of benzene rings is 3. The molecule has 1 aliphatic rings. The Kier molecular flexibility index (Phi) is 8.30. The van der Waals surface area contributed by atoms with Crippen molar-refractivity contribution in [3.8, 4) is 11.5 Å². The molecule has 1 aromatic heterocycles. The van der Waals surface area contributed by atoms with E-state index in [2.05, 4.69) is 9.98 Å². The van der Waals surface area contributed by atoms with Crippen LogP contribution in [0.2, 0.25) is 10.0 Å².